The Morgan fingerprint density at radius 1 is 1.33 bits per heavy atom. The summed E-state index contributed by atoms with van der Waals surface area (Å²) < 4.78 is 4.90. The van der Waals surface area contributed by atoms with Crippen molar-refractivity contribution in [2.45, 2.75) is 45.4 Å². The first kappa shape index (κ1) is 14.3. The fraction of sp³-hybridized carbons (Fsp3) is 0.533. The van der Waals surface area contributed by atoms with Crippen molar-refractivity contribution in [1.82, 2.24) is 9.97 Å². The van der Waals surface area contributed by atoms with Gasteiger partial charge in [0.05, 0.1) is 12.0 Å². The Bertz CT molecular complexity index is 732. The normalized spacial score (nSPS) is 14.7. The lowest BCUT2D eigenvalue weighted by Crippen LogP contribution is -2.16. The molecule has 3 rings (SSSR count). The summed E-state index contributed by atoms with van der Waals surface area (Å²) in [4.78, 5) is 33.1. The number of carbonyl (C=O) groups is 1. The predicted octanol–water partition coefficient (Wildman–Crippen LogP) is 2.36. The van der Waals surface area contributed by atoms with Crippen molar-refractivity contribution >= 4 is 27.5 Å². The van der Waals surface area contributed by atoms with Gasteiger partial charge in [0, 0.05) is 4.88 Å². The van der Waals surface area contributed by atoms with E-state index < -0.39 is 0 Å². The summed E-state index contributed by atoms with van der Waals surface area (Å²) in [6.07, 6.45) is 5.52. The molecule has 5 nitrogen and oxygen atoms in total. The van der Waals surface area contributed by atoms with Gasteiger partial charge >= 0.3 is 5.97 Å². The van der Waals surface area contributed by atoms with Crippen LogP contribution < -0.4 is 5.56 Å². The SMILES string of the molecule is CCOC(=O)Cc1nc2sc3c(c2c(=O)[nH]1)CCCCC3. The van der Waals surface area contributed by atoms with E-state index in [0.717, 1.165) is 29.5 Å². The Hall–Kier alpha value is -1.69. The van der Waals surface area contributed by atoms with Gasteiger partial charge in [-0.25, -0.2) is 4.98 Å². The summed E-state index contributed by atoms with van der Waals surface area (Å²) in [5.41, 5.74) is 1.04. The van der Waals surface area contributed by atoms with Crippen LogP contribution in [0.3, 0.4) is 0 Å². The largest absolute Gasteiger partial charge is 0.466 e. The second-order valence-corrected chi connectivity index (χ2v) is 6.32. The van der Waals surface area contributed by atoms with Crippen LogP contribution in [0.5, 0.6) is 0 Å². The minimum absolute atomic E-state index is 0.0155. The van der Waals surface area contributed by atoms with Crippen molar-refractivity contribution in [1.29, 1.82) is 0 Å². The van der Waals surface area contributed by atoms with Crippen molar-refractivity contribution in [2.75, 3.05) is 6.61 Å². The molecule has 1 aliphatic rings. The third kappa shape index (κ3) is 2.85. The minimum atomic E-state index is -0.363. The quantitative estimate of drug-likeness (QED) is 0.698. The Kier molecular flexibility index (Phi) is 4.05. The van der Waals surface area contributed by atoms with Gasteiger partial charge in [-0.15, -0.1) is 11.3 Å². The number of nitrogens with zero attached hydrogens (tertiary/aromatic N) is 1. The molecular formula is C15H18N2O3S. The van der Waals surface area contributed by atoms with Crippen LogP contribution >= 0.6 is 11.3 Å². The van der Waals surface area contributed by atoms with Gasteiger partial charge in [-0.3, -0.25) is 9.59 Å². The van der Waals surface area contributed by atoms with Crippen LogP contribution in [0.25, 0.3) is 10.2 Å². The number of ether oxygens (including phenoxy) is 1. The van der Waals surface area contributed by atoms with Gasteiger partial charge in [-0.1, -0.05) is 6.42 Å². The van der Waals surface area contributed by atoms with Crippen molar-refractivity contribution < 1.29 is 9.53 Å². The summed E-state index contributed by atoms with van der Waals surface area (Å²) in [7, 11) is 0. The van der Waals surface area contributed by atoms with Crippen LogP contribution in [0, 0.1) is 0 Å². The van der Waals surface area contributed by atoms with Gasteiger partial charge in [0.1, 0.15) is 17.1 Å². The van der Waals surface area contributed by atoms with E-state index in [4.69, 9.17) is 4.74 Å². The van der Waals surface area contributed by atoms with Gasteiger partial charge in [0.2, 0.25) is 0 Å². The van der Waals surface area contributed by atoms with Crippen LogP contribution in [-0.4, -0.2) is 22.5 Å². The number of esters is 1. The number of thiophene rings is 1. The lowest BCUT2D eigenvalue weighted by Gasteiger charge is -2.02. The van der Waals surface area contributed by atoms with Crippen LogP contribution in [0.15, 0.2) is 4.79 Å². The molecule has 0 atom stereocenters. The van der Waals surface area contributed by atoms with Crippen LogP contribution in [0.2, 0.25) is 0 Å². The fourth-order valence-corrected chi connectivity index (χ4v) is 4.10. The molecule has 2 aromatic heterocycles. The lowest BCUT2D eigenvalue weighted by molar-refractivity contribution is -0.142. The molecule has 6 heteroatoms. The summed E-state index contributed by atoms with van der Waals surface area (Å²) in [5.74, 6) is 0.0282. The Morgan fingerprint density at radius 3 is 2.95 bits per heavy atom. The number of rotatable bonds is 3. The predicted molar refractivity (Wildman–Crippen MR) is 81.8 cm³/mol. The monoisotopic (exact) mass is 306 g/mol. The molecule has 0 fully saturated rings. The van der Waals surface area contributed by atoms with Crippen LogP contribution in [0.1, 0.15) is 42.5 Å². The molecule has 0 unspecified atom stereocenters. The molecule has 1 N–H and O–H groups in total. The number of fused-ring (bicyclic) bond motifs is 3. The second-order valence-electron chi connectivity index (χ2n) is 5.24. The lowest BCUT2D eigenvalue weighted by atomic mass is 10.1. The highest BCUT2D eigenvalue weighted by molar-refractivity contribution is 7.18. The van der Waals surface area contributed by atoms with Gasteiger partial charge in [-0.2, -0.15) is 0 Å². The minimum Gasteiger partial charge on any atom is -0.466 e. The number of aryl methyl sites for hydroxylation is 2. The van der Waals surface area contributed by atoms with E-state index in [2.05, 4.69) is 9.97 Å². The number of H-pyrrole nitrogens is 1. The Balaban J connectivity index is 2.01. The van der Waals surface area contributed by atoms with Gasteiger partial charge in [-0.05, 0) is 38.2 Å². The molecule has 0 spiro atoms. The topological polar surface area (TPSA) is 72.0 Å². The first-order chi connectivity index (χ1) is 10.2. The summed E-state index contributed by atoms with van der Waals surface area (Å²) in [5, 5.41) is 0.726. The number of hydrogen-bond acceptors (Lipinski definition) is 5. The van der Waals surface area contributed by atoms with E-state index in [-0.39, 0.29) is 17.9 Å². The average molecular weight is 306 g/mol. The zero-order valence-electron chi connectivity index (χ0n) is 12.0. The molecule has 0 radical (unpaired) electrons. The van der Waals surface area contributed by atoms with E-state index in [1.807, 2.05) is 0 Å². The zero-order chi connectivity index (χ0) is 14.8. The number of hydrogen-bond donors (Lipinski definition) is 1. The fourth-order valence-electron chi connectivity index (χ4n) is 2.82. The highest BCUT2D eigenvalue weighted by atomic mass is 32.1. The third-order valence-corrected chi connectivity index (χ3v) is 4.93. The maximum absolute atomic E-state index is 12.3. The molecule has 0 bridgehead atoms. The van der Waals surface area contributed by atoms with Gasteiger partial charge < -0.3 is 9.72 Å². The first-order valence-corrected chi connectivity index (χ1v) is 8.19. The average Bonchev–Trinajstić information content (AvgIpc) is 2.62. The molecule has 0 saturated heterocycles. The molecule has 0 aromatic carbocycles. The Labute approximate surface area is 126 Å². The maximum Gasteiger partial charge on any atom is 0.313 e. The molecule has 2 aromatic rings. The van der Waals surface area contributed by atoms with Crippen molar-refractivity contribution in [3.63, 3.8) is 0 Å². The zero-order valence-corrected chi connectivity index (χ0v) is 12.8. The molecule has 21 heavy (non-hydrogen) atoms. The van der Waals surface area contributed by atoms with Crippen molar-refractivity contribution in [3.05, 3.63) is 26.6 Å². The molecule has 0 saturated carbocycles. The molecule has 112 valence electrons. The standard InChI is InChI=1S/C15H18N2O3S/c1-2-20-12(18)8-11-16-14(19)13-9-6-4-3-5-7-10(9)21-15(13)17-11/h2-8H2,1H3,(H,16,17,19). The highest BCUT2D eigenvalue weighted by Crippen LogP contribution is 2.32. The van der Waals surface area contributed by atoms with Crippen LogP contribution in [0.4, 0.5) is 0 Å². The Morgan fingerprint density at radius 2 is 2.14 bits per heavy atom. The summed E-state index contributed by atoms with van der Waals surface area (Å²) >= 11 is 1.60. The highest BCUT2D eigenvalue weighted by Gasteiger charge is 2.19. The number of nitrogens with one attached hydrogen (secondary N) is 1. The van der Waals surface area contributed by atoms with E-state index in [1.54, 1.807) is 18.3 Å². The smallest absolute Gasteiger partial charge is 0.313 e. The van der Waals surface area contributed by atoms with E-state index in [0.29, 0.717) is 12.4 Å². The van der Waals surface area contributed by atoms with Gasteiger partial charge in [0.25, 0.3) is 5.56 Å². The van der Waals surface area contributed by atoms with Crippen molar-refractivity contribution in [3.8, 4) is 0 Å². The van der Waals surface area contributed by atoms with E-state index >= 15 is 0 Å². The van der Waals surface area contributed by atoms with Gasteiger partial charge in [0.15, 0.2) is 0 Å². The number of aromatic amines is 1. The molecule has 0 amide bonds. The summed E-state index contributed by atoms with van der Waals surface area (Å²) in [6, 6.07) is 0. The second kappa shape index (κ2) is 5.97. The van der Waals surface area contributed by atoms with Crippen LogP contribution in [-0.2, 0) is 28.8 Å². The summed E-state index contributed by atoms with van der Waals surface area (Å²) in [6.45, 7) is 2.09. The van der Waals surface area contributed by atoms with E-state index in [9.17, 15) is 9.59 Å². The first-order valence-electron chi connectivity index (χ1n) is 7.38. The number of aromatic nitrogens is 2. The molecular weight excluding hydrogens is 288 g/mol. The van der Waals surface area contributed by atoms with E-state index in [1.165, 1.54) is 23.3 Å². The maximum atomic E-state index is 12.3. The van der Waals surface area contributed by atoms with Crippen molar-refractivity contribution in [2.24, 2.45) is 0 Å². The molecule has 2 heterocycles. The third-order valence-electron chi connectivity index (χ3n) is 3.74. The number of carbonyl (C=O) groups excluding carboxylic acids is 1. The molecule has 1 aliphatic carbocycles. The molecule has 0 aliphatic heterocycles.